The van der Waals surface area contributed by atoms with Crippen LogP contribution in [0.1, 0.15) is 44.9 Å². The van der Waals surface area contributed by atoms with Crippen LogP contribution < -0.4 is 9.62 Å². The summed E-state index contributed by atoms with van der Waals surface area (Å²) < 4.78 is 27.3. The maximum absolute atomic E-state index is 12.9. The van der Waals surface area contributed by atoms with Crippen LogP contribution in [0.4, 0.5) is 5.69 Å². The Kier molecular flexibility index (Phi) is 6.35. The molecule has 1 fully saturated rings. The number of carbonyl (C=O) groups is 1. The zero-order valence-corrected chi connectivity index (χ0v) is 18.2. The minimum atomic E-state index is -3.53. The minimum Gasteiger partial charge on any atom is -0.355 e. The van der Waals surface area contributed by atoms with Crippen LogP contribution in [0.2, 0.25) is 0 Å². The Bertz CT molecular complexity index is 979. The number of hydrogen-bond acceptors (Lipinski definition) is 4. The highest BCUT2D eigenvalue weighted by atomic mass is 32.2. The van der Waals surface area contributed by atoms with Gasteiger partial charge in [0, 0.05) is 35.9 Å². The van der Waals surface area contributed by atoms with E-state index in [0.717, 1.165) is 27.5 Å². The molecule has 0 spiro atoms. The molecule has 29 heavy (non-hydrogen) atoms. The van der Waals surface area contributed by atoms with Gasteiger partial charge in [0.05, 0.1) is 10.6 Å². The second-order valence-electron chi connectivity index (χ2n) is 7.79. The Balaban J connectivity index is 1.25. The summed E-state index contributed by atoms with van der Waals surface area (Å²) in [5.41, 5.74) is 0.724. The third-order valence-corrected chi connectivity index (χ3v) is 9.01. The highest BCUT2D eigenvalue weighted by Crippen LogP contribution is 2.41. The summed E-state index contributed by atoms with van der Waals surface area (Å²) in [4.78, 5) is 12.5. The molecule has 0 atom stereocenters. The molecule has 4 rings (SSSR count). The molecule has 1 saturated carbocycles. The van der Waals surface area contributed by atoms with Crippen molar-refractivity contribution < 1.29 is 13.2 Å². The van der Waals surface area contributed by atoms with Gasteiger partial charge in [-0.2, -0.15) is 11.8 Å². The van der Waals surface area contributed by atoms with Gasteiger partial charge in [-0.25, -0.2) is 8.42 Å². The molecule has 1 amide bonds. The topological polar surface area (TPSA) is 66.5 Å². The molecule has 0 bridgehead atoms. The smallest absolute Gasteiger partial charge is 0.265 e. The van der Waals surface area contributed by atoms with Crippen molar-refractivity contribution >= 4 is 44.2 Å². The lowest BCUT2D eigenvalue weighted by Gasteiger charge is -2.21. The lowest BCUT2D eigenvalue weighted by Crippen LogP contribution is -2.30. The Hall–Kier alpha value is -1.73. The number of carbonyl (C=O) groups excluding carboxylic acids is 1. The minimum absolute atomic E-state index is 0.00145. The number of nitrogens with one attached hydrogen (secondary N) is 1. The van der Waals surface area contributed by atoms with Crippen LogP contribution in [0.5, 0.6) is 0 Å². The van der Waals surface area contributed by atoms with Gasteiger partial charge < -0.3 is 5.32 Å². The SMILES string of the molecule is O=C(CCCN1c2cccc3cccc(c23)S1(=O)=O)NCCSC1CCCCC1. The lowest BCUT2D eigenvalue weighted by molar-refractivity contribution is -0.121. The monoisotopic (exact) mass is 432 g/mol. The van der Waals surface area contributed by atoms with E-state index in [9.17, 15) is 13.2 Å². The molecule has 7 heteroatoms. The average Bonchev–Trinajstić information content (AvgIpc) is 2.95. The first kappa shape index (κ1) is 20.5. The number of hydrogen-bond donors (Lipinski definition) is 1. The highest BCUT2D eigenvalue weighted by molar-refractivity contribution is 7.99. The molecule has 156 valence electrons. The van der Waals surface area contributed by atoms with Crippen molar-refractivity contribution in [3.63, 3.8) is 0 Å². The maximum atomic E-state index is 12.9. The van der Waals surface area contributed by atoms with E-state index in [-0.39, 0.29) is 5.91 Å². The second kappa shape index (κ2) is 8.96. The van der Waals surface area contributed by atoms with Crippen LogP contribution in [-0.4, -0.2) is 38.4 Å². The Morgan fingerprint density at radius 2 is 1.86 bits per heavy atom. The first-order valence-corrected chi connectivity index (χ1v) is 13.0. The summed E-state index contributed by atoms with van der Waals surface area (Å²) in [5.74, 6) is 0.954. The molecule has 2 aromatic rings. The number of thioether (sulfide) groups is 1. The maximum Gasteiger partial charge on any atom is 0.265 e. The zero-order chi connectivity index (χ0) is 20.3. The van der Waals surface area contributed by atoms with Crippen LogP contribution in [0.3, 0.4) is 0 Å². The van der Waals surface area contributed by atoms with Crippen molar-refractivity contribution in [3.8, 4) is 0 Å². The lowest BCUT2D eigenvalue weighted by atomic mass is 10.0. The van der Waals surface area contributed by atoms with Gasteiger partial charge in [-0.15, -0.1) is 0 Å². The summed E-state index contributed by atoms with van der Waals surface area (Å²) in [7, 11) is -3.53. The predicted molar refractivity (Wildman–Crippen MR) is 120 cm³/mol. The molecule has 2 aromatic carbocycles. The molecule has 2 aliphatic rings. The zero-order valence-electron chi connectivity index (χ0n) is 16.6. The van der Waals surface area contributed by atoms with Gasteiger partial charge in [-0.3, -0.25) is 9.10 Å². The van der Waals surface area contributed by atoms with Gasteiger partial charge in [0.2, 0.25) is 5.91 Å². The Morgan fingerprint density at radius 3 is 2.66 bits per heavy atom. The molecular weight excluding hydrogens is 404 g/mol. The van der Waals surface area contributed by atoms with Gasteiger partial charge in [0.15, 0.2) is 0 Å². The number of sulfonamides is 1. The van der Waals surface area contributed by atoms with E-state index >= 15 is 0 Å². The number of anilines is 1. The van der Waals surface area contributed by atoms with Gasteiger partial charge in [0.25, 0.3) is 10.0 Å². The van der Waals surface area contributed by atoms with Crippen molar-refractivity contribution in [2.75, 3.05) is 23.1 Å². The van der Waals surface area contributed by atoms with Crippen molar-refractivity contribution in [3.05, 3.63) is 36.4 Å². The van der Waals surface area contributed by atoms with E-state index < -0.39 is 10.0 Å². The van der Waals surface area contributed by atoms with E-state index in [4.69, 9.17) is 0 Å². The van der Waals surface area contributed by atoms with E-state index in [0.29, 0.717) is 30.8 Å². The molecule has 1 aliphatic heterocycles. The molecule has 0 unspecified atom stereocenters. The third-order valence-electron chi connectivity index (χ3n) is 5.78. The summed E-state index contributed by atoms with van der Waals surface area (Å²) in [6.45, 7) is 1.01. The molecule has 1 aliphatic carbocycles. The third kappa shape index (κ3) is 4.40. The normalized spacial score (nSPS) is 18.3. The van der Waals surface area contributed by atoms with Gasteiger partial charge in [-0.05, 0) is 36.8 Å². The van der Waals surface area contributed by atoms with Crippen LogP contribution in [0.25, 0.3) is 10.8 Å². The average molecular weight is 433 g/mol. The van der Waals surface area contributed by atoms with E-state index in [1.807, 2.05) is 36.0 Å². The highest BCUT2D eigenvalue weighted by Gasteiger charge is 2.35. The molecule has 5 nitrogen and oxygen atoms in total. The molecule has 1 heterocycles. The first-order valence-electron chi connectivity index (χ1n) is 10.5. The largest absolute Gasteiger partial charge is 0.355 e. The fraction of sp³-hybridized carbons (Fsp3) is 0.500. The molecular formula is C22H28N2O3S2. The van der Waals surface area contributed by atoms with Crippen LogP contribution in [0.15, 0.2) is 41.3 Å². The van der Waals surface area contributed by atoms with Crippen molar-refractivity contribution in [1.82, 2.24) is 5.32 Å². The van der Waals surface area contributed by atoms with E-state index in [1.165, 1.54) is 36.4 Å². The summed E-state index contributed by atoms with van der Waals surface area (Å²) in [6, 6.07) is 11.0. The number of nitrogens with zero attached hydrogens (tertiary/aromatic N) is 1. The molecule has 0 aromatic heterocycles. The number of amides is 1. The van der Waals surface area contributed by atoms with Crippen LogP contribution in [0, 0.1) is 0 Å². The van der Waals surface area contributed by atoms with Crippen molar-refractivity contribution in [2.45, 2.75) is 55.1 Å². The Morgan fingerprint density at radius 1 is 1.10 bits per heavy atom. The summed E-state index contributed by atoms with van der Waals surface area (Å²) in [6.07, 6.45) is 7.48. The first-order chi connectivity index (χ1) is 14.1. The van der Waals surface area contributed by atoms with Gasteiger partial charge >= 0.3 is 0 Å². The fourth-order valence-corrected chi connectivity index (χ4v) is 7.29. The summed E-state index contributed by atoms with van der Waals surface area (Å²) >= 11 is 1.97. The summed E-state index contributed by atoms with van der Waals surface area (Å²) in [5, 5.41) is 5.45. The van der Waals surface area contributed by atoms with E-state index in [2.05, 4.69) is 5.32 Å². The van der Waals surface area contributed by atoms with Crippen molar-refractivity contribution in [2.24, 2.45) is 0 Å². The standard InChI is InChI=1S/C22H28N2O3S2/c25-21(23-14-16-28-18-9-2-1-3-10-18)13-6-15-24-19-11-4-7-17-8-5-12-20(22(17)19)29(24,26)27/h4-5,7-8,11-12,18H,1-3,6,9-10,13-16H2,(H,23,25). The Labute approximate surface area is 177 Å². The number of rotatable bonds is 8. The fourth-order valence-electron chi connectivity index (χ4n) is 4.32. The molecule has 1 N–H and O–H groups in total. The second-order valence-corrected chi connectivity index (χ2v) is 11.0. The van der Waals surface area contributed by atoms with Crippen molar-refractivity contribution in [1.29, 1.82) is 0 Å². The van der Waals surface area contributed by atoms with E-state index in [1.54, 1.807) is 12.1 Å². The van der Waals surface area contributed by atoms with Crippen LogP contribution >= 0.6 is 11.8 Å². The quantitative estimate of drug-likeness (QED) is 0.631. The number of benzene rings is 2. The molecule has 0 radical (unpaired) electrons. The predicted octanol–water partition coefficient (Wildman–Crippen LogP) is 4.31. The van der Waals surface area contributed by atoms with Crippen LogP contribution in [-0.2, 0) is 14.8 Å². The molecule has 0 saturated heterocycles. The van der Waals surface area contributed by atoms with Gasteiger partial charge in [-0.1, -0.05) is 43.5 Å². The van der Waals surface area contributed by atoms with Gasteiger partial charge in [0.1, 0.15) is 0 Å².